The van der Waals surface area contributed by atoms with Crippen LogP contribution in [-0.4, -0.2) is 74.1 Å². The zero-order chi connectivity index (χ0) is 32.8. The van der Waals surface area contributed by atoms with Crippen LogP contribution in [0.2, 0.25) is 0 Å². The molecule has 2 unspecified atom stereocenters. The van der Waals surface area contributed by atoms with Crippen molar-refractivity contribution < 1.29 is 23.1 Å². The first kappa shape index (κ1) is 35.5. The predicted octanol–water partition coefficient (Wildman–Crippen LogP) is 3.99. The zero-order valence-corrected chi connectivity index (χ0v) is 27.3. The number of amides is 2. The maximum atomic E-state index is 13.7. The lowest BCUT2D eigenvalue weighted by Gasteiger charge is -2.28. The van der Waals surface area contributed by atoms with Gasteiger partial charge >= 0.3 is 0 Å². The van der Waals surface area contributed by atoms with Crippen molar-refractivity contribution in [1.82, 2.24) is 20.1 Å². The molecule has 0 saturated heterocycles. The maximum absolute atomic E-state index is 13.7. The van der Waals surface area contributed by atoms with Gasteiger partial charge in [0.1, 0.15) is 0 Å². The van der Waals surface area contributed by atoms with Crippen molar-refractivity contribution in [3.8, 4) is 11.8 Å². The summed E-state index contributed by atoms with van der Waals surface area (Å²) < 4.78 is 25.5. The highest BCUT2D eigenvalue weighted by Crippen LogP contribution is 2.16. The van der Waals surface area contributed by atoms with Gasteiger partial charge in [-0.25, -0.2) is 13.4 Å². The van der Waals surface area contributed by atoms with Gasteiger partial charge in [-0.05, 0) is 55.5 Å². The van der Waals surface area contributed by atoms with Crippen LogP contribution in [0.5, 0.6) is 0 Å². The van der Waals surface area contributed by atoms with E-state index in [0.717, 1.165) is 18.4 Å². The van der Waals surface area contributed by atoms with E-state index in [4.69, 9.17) is 0 Å². The molecule has 0 aliphatic rings. The normalized spacial score (nSPS) is 12.6. The molecule has 0 spiro atoms. The third-order valence-corrected chi connectivity index (χ3v) is 8.32. The lowest BCUT2D eigenvalue weighted by atomic mass is 9.99. The summed E-state index contributed by atoms with van der Waals surface area (Å²) in [6.07, 6.45) is 0.759. The molecule has 2 atom stereocenters. The van der Waals surface area contributed by atoms with Crippen LogP contribution in [0.3, 0.4) is 0 Å². The molecule has 0 heterocycles. The van der Waals surface area contributed by atoms with Crippen molar-refractivity contribution in [3.63, 3.8) is 0 Å². The first-order chi connectivity index (χ1) is 21.5. The molecule has 3 rings (SSSR count). The molecule has 0 aliphatic carbocycles. The predicted molar refractivity (Wildman–Crippen MR) is 178 cm³/mol. The largest absolute Gasteiger partial charge is 0.390 e. The molecular formula is C35H44N4O5S. The van der Waals surface area contributed by atoms with Crippen molar-refractivity contribution in [2.75, 3.05) is 26.7 Å². The minimum atomic E-state index is -3.74. The van der Waals surface area contributed by atoms with E-state index in [-0.39, 0.29) is 23.8 Å². The van der Waals surface area contributed by atoms with Gasteiger partial charge in [0.25, 0.3) is 11.8 Å². The first-order valence-electron chi connectivity index (χ1n) is 15.2. The quantitative estimate of drug-likeness (QED) is 0.162. The topological polar surface area (TPSA) is 119 Å². The van der Waals surface area contributed by atoms with Crippen LogP contribution in [0.15, 0.2) is 78.9 Å². The average molecular weight is 633 g/mol. The number of hydrogen-bond acceptors (Lipinski definition) is 6. The summed E-state index contributed by atoms with van der Waals surface area (Å²) in [5.74, 6) is 4.93. The summed E-state index contributed by atoms with van der Waals surface area (Å²) in [7, 11) is -2.22. The smallest absolute Gasteiger partial charge is 0.253 e. The second kappa shape index (κ2) is 17.5. The van der Waals surface area contributed by atoms with Gasteiger partial charge in [0, 0.05) is 43.4 Å². The Morgan fingerprint density at radius 1 is 0.889 bits per heavy atom. The summed E-state index contributed by atoms with van der Waals surface area (Å²) in [6.45, 7) is 6.82. The van der Waals surface area contributed by atoms with E-state index in [2.05, 4.69) is 22.0 Å². The Kier molecular flexibility index (Phi) is 13.8. The molecule has 0 aliphatic heterocycles. The number of aliphatic hydroxyl groups excluding tert-OH is 1. The van der Waals surface area contributed by atoms with Crippen LogP contribution in [0.1, 0.15) is 71.0 Å². The van der Waals surface area contributed by atoms with E-state index >= 15 is 0 Å². The average Bonchev–Trinajstić information content (AvgIpc) is 3.00. The fourth-order valence-corrected chi connectivity index (χ4v) is 6.29. The van der Waals surface area contributed by atoms with E-state index in [1.165, 1.54) is 12.1 Å². The molecular weight excluding hydrogens is 588 g/mol. The Balaban J connectivity index is 1.83. The monoisotopic (exact) mass is 632 g/mol. The molecule has 3 aromatic rings. The van der Waals surface area contributed by atoms with Crippen molar-refractivity contribution in [1.29, 1.82) is 0 Å². The number of carbonyl (C=O) groups is 2. The molecule has 3 aromatic carbocycles. The van der Waals surface area contributed by atoms with Crippen LogP contribution < -0.4 is 10.1 Å². The van der Waals surface area contributed by atoms with E-state index in [1.807, 2.05) is 50.2 Å². The van der Waals surface area contributed by atoms with Gasteiger partial charge in [-0.3, -0.25) is 9.59 Å². The molecule has 0 radical (unpaired) electrons. The number of benzene rings is 3. The molecule has 0 saturated carbocycles. The van der Waals surface area contributed by atoms with Crippen LogP contribution >= 0.6 is 0 Å². The molecule has 45 heavy (non-hydrogen) atoms. The van der Waals surface area contributed by atoms with Gasteiger partial charge in [0.15, 0.2) is 0 Å². The van der Waals surface area contributed by atoms with Crippen molar-refractivity contribution >= 4 is 21.8 Å². The molecule has 2 amide bonds. The van der Waals surface area contributed by atoms with Gasteiger partial charge in [-0.15, -0.1) is 10.8 Å². The Labute approximate surface area is 267 Å². The Morgan fingerprint density at radius 2 is 1.47 bits per heavy atom. The van der Waals surface area contributed by atoms with Gasteiger partial charge in [0.05, 0.1) is 17.9 Å². The summed E-state index contributed by atoms with van der Waals surface area (Å²) in [6, 6.07) is 22.3. The van der Waals surface area contributed by atoms with Gasteiger partial charge in [0.2, 0.25) is 10.0 Å². The third-order valence-electron chi connectivity index (χ3n) is 7.02. The molecule has 0 aromatic heterocycles. The molecule has 240 valence electrons. The summed E-state index contributed by atoms with van der Waals surface area (Å²) in [5, 5.41) is 15.6. The van der Waals surface area contributed by atoms with E-state index in [9.17, 15) is 23.1 Å². The highest BCUT2D eigenvalue weighted by Gasteiger charge is 2.26. The molecule has 9 nitrogen and oxygen atoms in total. The second-order valence-corrected chi connectivity index (χ2v) is 12.7. The first-order valence-corrected chi connectivity index (χ1v) is 16.9. The molecule has 10 heteroatoms. The van der Waals surface area contributed by atoms with Crippen molar-refractivity contribution in [3.05, 3.63) is 107 Å². The van der Waals surface area contributed by atoms with Gasteiger partial charge in [-0.1, -0.05) is 80.4 Å². The highest BCUT2D eigenvalue weighted by atomic mass is 32.2. The van der Waals surface area contributed by atoms with E-state index in [0.29, 0.717) is 36.2 Å². The SMILES string of the molecule is CC#Cc1cc(C(=O)NC(Cc2ccccc2)C(O)CN(C)NS(=O)(=O)Cc2ccccc2)cc(C(=O)N(CCC)CCC)c1. The third kappa shape index (κ3) is 11.5. The molecule has 0 fully saturated rings. The molecule has 3 N–H and O–H groups in total. The van der Waals surface area contributed by atoms with Crippen LogP contribution in [0.4, 0.5) is 0 Å². The number of sulfonamides is 1. The number of aliphatic hydroxyl groups is 1. The number of hydrogen-bond donors (Lipinski definition) is 3. The number of hydrazine groups is 1. The summed E-state index contributed by atoms with van der Waals surface area (Å²) in [5.41, 5.74) is 2.66. The van der Waals surface area contributed by atoms with Crippen LogP contribution in [0.25, 0.3) is 0 Å². The van der Waals surface area contributed by atoms with E-state index in [1.54, 1.807) is 54.3 Å². The number of carbonyl (C=O) groups excluding carboxylic acids is 2. The Morgan fingerprint density at radius 3 is 2.04 bits per heavy atom. The number of rotatable bonds is 16. The number of nitrogens with zero attached hydrogens (tertiary/aromatic N) is 2. The summed E-state index contributed by atoms with van der Waals surface area (Å²) in [4.78, 5) is 31.4. The number of nitrogens with one attached hydrogen (secondary N) is 2. The Hall–Kier alpha value is -4.01. The van der Waals surface area contributed by atoms with Gasteiger partial charge in [-0.2, -0.15) is 0 Å². The second-order valence-electron chi connectivity index (χ2n) is 11.0. The standard InChI is InChI=1S/C35H44N4O5S/c1-5-14-29-21-30(24-31(22-29)35(42)39(19-6-2)20-7-3)34(41)36-32(23-27-15-10-8-11-16-27)33(40)25-38(4)37-45(43,44)26-28-17-12-9-13-18-28/h8-13,15-18,21-22,24,32-33,37,40H,6-7,19-20,23,25-26H2,1-4H3,(H,36,41). The van der Waals surface area contributed by atoms with Crippen LogP contribution in [-0.2, 0) is 22.2 Å². The molecule has 0 bridgehead atoms. The maximum Gasteiger partial charge on any atom is 0.253 e. The van der Waals surface area contributed by atoms with Crippen molar-refractivity contribution in [2.45, 2.75) is 57.9 Å². The number of likely N-dealkylation sites (N-methyl/N-ethyl adjacent to an activating group) is 1. The lowest BCUT2D eigenvalue weighted by molar-refractivity contribution is 0.0687. The van der Waals surface area contributed by atoms with Crippen LogP contribution in [0, 0.1) is 11.8 Å². The fraction of sp³-hybridized carbons (Fsp3) is 0.371. The van der Waals surface area contributed by atoms with E-state index < -0.39 is 28.1 Å². The minimum Gasteiger partial charge on any atom is -0.390 e. The van der Waals surface area contributed by atoms with Crippen molar-refractivity contribution in [2.24, 2.45) is 0 Å². The highest BCUT2D eigenvalue weighted by molar-refractivity contribution is 7.88. The zero-order valence-electron chi connectivity index (χ0n) is 26.5. The fourth-order valence-electron chi connectivity index (χ4n) is 5.05. The van der Waals surface area contributed by atoms with Gasteiger partial charge < -0.3 is 15.3 Å². The minimum absolute atomic E-state index is 0.0973. The lowest BCUT2D eigenvalue weighted by Crippen LogP contribution is -2.52. The summed E-state index contributed by atoms with van der Waals surface area (Å²) >= 11 is 0. The Bertz CT molecular complexity index is 1560.